The van der Waals surface area contributed by atoms with E-state index < -0.39 is 0 Å². The Kier molecular flexibility index (Phi) is 8.08. The van der Waals surface area contributed by atoms with Crippen molar-refractivity contribution in [1.82, 2.24) is 10.3 Å². The van der Waals surface area contributed by atoms with Crippen molar-refractivity contribution >= 4 is 34.0 Å². The normalized spacial score (nSPS) is 14.2. The number of unbranched alkanes of at least 4 members (excludes halogenated alkanes) is 3. The van der Waals surface area contributed by atoms with Crippen LogP contribution in [0, 0.1) is 6.92 Å². The molecule has 4 nitrogen and oxygen atoms in total. The molecule has 1 saturated heterocycles. The highest BCUT2D eigenvalue weighted by molar-refractivity contribution is 7.99. The van der Waals surface area contributed by atoms with Gasteiger partial charge in [0.15, 0.2) is 0 Å². The van der Waals surface area contributed by atoms with Crippen molar-refractivity contribution in [3.8, 4) is 0 Å². The van der Waals surface area contributed by atoms with Gasteiger partial charge in [-0.05, 0) is 61.4 Å². The SMILES string of the molecule is Cc1ccc2c(SCCCCCCNc3cccc(N4CCNCC4)c3)ccnc2c1. The van der Waals surface area contributed by atoms with Gasteiger partial charge < -0.3 is 15.5 Å². The van der Waals surface area contributed by atoms with Crippen LogP contribution in [0.25, 0.3) is 10.9 Å². The number of nitrogens with one attached hydrogen (secondary N) is 2. The van der Waals surface area contributed by atoms with E-state index >= 15 is 0 Å². The summed E-state index contributed by atoms with van der Waals surface area (Å²) >= 11 is 1.97. The molecule has 2 heterocycles. The lowest BCUT2D eigenvalue weighted by atomic mass is 10.1. The van der Waals surface area contributed by atoms with Crippen LogP contribution < -0.4 is 15.5 Å². The summed E-state index contributed by atoms with van der Waals surface area (Å²) < 4.78 is 0. The number of anilines is 2. The lowest BCUT2D eigenvalue weighted by Crippen LogP contribution is -2.43. The summed E-state index contributed by atoms with van der Waals surface area (Å²) in [5.74, 6) is 1.17. The minimum Gasteiger partial charge on any atom is -0.385 e. The summed E-state index contributed by atoms with van der Waals surface area (Å²) in [6.45, 7) is 7.51. The Morgan fingerprint density at radius 2 is 1.87 bits per heavy atom. The molecule has 0 unspecified atom stereocenters. The average Bonchev–Trinajstić information content (AvgIpc) is 2.81. The third-order valence-electron chi connectivity index (χ3n) is 5.84. The quantitative estimate of drug-likeness (QED) is 0.316. The summed E-state index contributed by atoms with van der Waals surface area (Å²) in [6, 6.07) is 17.6. The van der Waals surface area contributed by atoms with Crippen LogP contribution in [0.2, 0.25) is 0 Å². The lowest BCUT2D eigenvalue weighted by molar-refractivity contribution is 0.589. The highest BCUT2D eigenvalue weighted by Crippen LogP contribution is 2.28. The van der Waals surface area contributed by atoms with Crippen LogP contribution in [0.1, 0.15) is 31.2 Å². The second-order valence-corrected chi connectivity index (χ2v) is 9.44. The summed E-state index contributed by atoms with van der Waals surface area (Å²) in [6.07, 6.45) is 6.99. The molecular weight excluding hydrogens is 400 g/mol. The van der Waals surface area contributed by atoms with E-state index in [9.17, 15) is 0 Å². The lowest BCUT2D eigenvalue weighted by Gasteiger charge is -2.29. The standard InChI is InChI=1S/C26H34N4S/c1-21-9-10-24-25(19-21)29-13-11-26(24)31-18-5-3-2-4-12-28-22-7-6-8-23(20-22)30-16-14-27-15-17-30/h6-11,13,19-20,27-28H,2-5,12,14-18H2,1H3. The number of benzene rings is 2. The van der Waals surface area contributed by atoms with Gasteiger partial charge in [0, 0.05) is 60.6 Å². The van der Waals surface area contributed by atoms with E-state index in [1.54, 1.807) is 0 Å². The number of aryl methyl sites for hydroxylation is 1. The van der Waals surface area contributed by atoms with E-state index in [1.165, 1.54) is 58.7 Å². The number of nitrogens with zero attached hydrogens (tertiary/aromatic N) is 2. The number of fused-ring (bicyclic) bond motifs is 1. The van der Waals surface area contributed by atoms with Crippen LogP contribution in [0.4, 0.5) is 11.4 Å². The predicted molar refractivity (Wildman–Crippen MR) is 136 cm³/mol. The van der Waals surface area contributed by atoms with Crippen LogP contribution in [0.3, 0.4) is 0 Å². The molecule has 0 radical (unpaired) electrons. The fourth-order valence-electron chi connectivity index (χ4n) is 4.09. The third kappa shape index (κ3) is 6.37. The van der Waals surface area contributed by atoms with E-state index in [0.717, 1.165) is 38.2 Å². The van der Waals surface area contributed by atoms with E-state index in [2.05, 4.69) is 76.0 Å². The molecule has 2 aromatic carbocycles. The molecule has 164 valence electrons. The largest absolute Gasteiger partial charge is 0.385 e. The van der Waals surface area contributed by atoms with E-state index in [4.69, 9.17) is 0 Å². The maximum absolute atomic E-state index is 4.51. The van der Waals surface area contributed by atoms with Crippen LogP contribution in [-0.4, -0.2) is 43.5 Å². The zero-order valence-electron chi connectivity index (χ0n) is 18.6. The molecular formula is C26H34N4S. The van der Waals surface area contributed by atoms with Gasteiger partial charge in [0.2, 0.25) is 0 Å². The van der Waals surface area contributed by atoms with E-state index in [1.807, 2.05) is 18.0 Å². The van der Waals surface area contributed by atoms with E-state index in [-0.39, 0.29) is 0 Å². The van der Waals surface area contributed by atoms with Crippen LogP contribution >= 0.6 is 11.8 Å². The van der Waals surface area contributed by atoms with Crippen molar-refractivity contribution in [2.45, 2.75) is 37.5 Å². The van der Waals surface area contributed by atoms with Crippen molar-refractivity contribution in [2.75, 3.05) is 48.7 Å². The minimum absolute atomic E-state index is 1.05. The first-order chi connectivity index (χ1) is 15.3. The van der Waals surface area contributed by atoms with Gasteiger partial charge in [0.1, 0.15) is 0 Å². The van der Waals surface area contributed by atoms with Gasteiger partial charge in [-0.1, -0.05) is 31.0 Å². The molecule has 4 rings (SSSR count). The number of rotatable bonds is 10. The van der Waals surface area contributed by atoms with Gasteiger partial charge in [-0.25, -0.2) is 0 Å². The number of hydrogen-bond donors (Lipinski definition) is 2. The number of piperazine rings is 1. The van der Waals surface area contributed by atoms with Crippen LogP contribution in [0.15, 0.2) is 59.6 Å². The Hall–Kier alpha value is -2.24. The molecule has 5 heteroatoms. The molecule has 0 aliphatic carbocycles. The number of hydrogen-bond acceptors (Lipinski definition) is 5. The number of thioether (sulfide) groups is 1. The Morgan fingerprint density at radius 1 is 1.00 bits per heavy atom. The molecule has 0 bridgehead atoms. The molecule has 1 fully saturated rings. The molecule has 0 atom stereocenters. The molecule has 31 heavy (non-hydrogen) atoms. The van der Waals surface area contributed by atoms with Crippen LogP contribution in [0.5, 0.6) is 0 Å². The second-order valence-electron chi connectivity index (χ2n) is 8.31. The summed E-state index contributed by atoms with van der Waals surface area (Å²) in [5.41, 5.74) is 4.96. The first kappa shape index (κ1) is 22.0. The second kappa shape index (κ2) is 11.4. The van der Waals surface area contributed by atoms with E-state index in [0.29, 0.717) is 0 Å². The smallest absolute Gasteiger partial charge is 0.0715 e. The zero-order valence-corrected chi connectivity index (χ0v) is 19.4. The Morgan fingerprint density at radius 3 is 2.77 bits per heavy atom. The van der Waals surface area contributed by atoms with Gasteiger partial charge >= 0.3 is 0 Å². The predicted octanol–water partition coefficient (Wildman–Crippen LogP) is 5.72. The zero-order chi connectivity index (χ0) is 21.3. The maximum Gasteiger partial charge on any atom is 0.0715 e. The van der Waals surface area contributed by atoms with Crippen LogP contribution in [-0.2, 0) is 0 Å². The maximum atomic E-state index is 4.51. The molecule has 1 aromatic heterocycles. The van der Waals surface area contributed by atoms with Crippen molar-refractivity contribution in [2.24, 2.45) is 0 Å². The van der Waals surface area contributed by atoms with Gasteiger partial charge in [-0.3, -0.25) is 4.98 Å². The van der Waals surface area contributed by atoms with Crippen molar-refractivity contribution in [3.05, 3.63) is 60.3 Å². The first-order valence-electron chi connectivity index (χ1n) is 11.6. The Labute approximate surface area is 190 Å². The highest BCUT2D eigenvalue weighted by Gasteiger charge is 2.10. The molecule has 3 aromatic rings. The van der Waals surface area contributed by atoms with Gasteiger partial charge in [-0.2, -0.15) is 0 Å². The minimum atomic E-state index is 1.05. The number of pyridine rings is 1. The molecule has 1 aliphatic rings. The summed E-state index contributed by atoms with van der Waals surface area (Å²) in [7, 11) is 0. The molecule has 2 N–H and O–H groups in total. The van der Waals surface area contributed by atoms with Crippen molar-refractivity contribution < 1.29 is 0 Å². The Balaban J connectivity index is 1.13. The van der Waals surface area contributed by atoms with Crippen molar-refractivity contribution in [1.29, 1.82) is 0 Å². The first-order valence-corrected chi connectivity index (χ1v) is 12.6. The highest BCUT2D eigenvalue weighted by atomic mass is 32.2. The molecule has 0 saturated carbocycles. The monoisotopic (exact) mass is 434 g/mol. The number of aromatic nitrogens is 1. The van der Waals surface area contributed by atoms with Crippen molar-refractivity contribution in [3.63, 3.8) is 0 Å². The van der Waals surface area contributed by atoms with Gasteiger partial charge in [-0.15, -0.1) is 11.8 Å². The Bertz CT molecular complexity index is 969. The average molecular weight is 435 g/mol. The fourth-order valence-corrected chi connectivity index (χ4v) is 5.14. The topological polar surface area (TPSA) is 40.2 Å². The molecule has 1 aliphatic heterocycles. The molecule has 0 amide bonds. The van der Waals surface area contributed by atoms with Gasteiger partial charge in [0.05, 0.1) is 5.52 Å². The summed E-state index contributed by atoms with van der Waals surface area (Å²) in [5, 5.41) is 8.31. The molecule has 0 spiro atoms. The third-order valence-corrected chi connectivity index (χ3v) is 7.00. The van der Waals surface area contributed by atoms with Gasteiger partial charge in [0.25, 0.3) is 0 Å². The summed E-state index contributed by atoms with van der Waals surface area (Å²) in [4.78, 5) is 8.33. The fraction of sp³-hybridized carbons (Fsp3) is 0.423.